The molecule has 6 heteroatoms. The summed E-state index contributed by atoms with van der Waals surface area (Å²) < 4.78 is 18.8. The third-order valence-electron chi connectivity index (χ3n) is 7.74. The van der Waals surface area contributed by atoms with Crippen molar-refractivity contribution in [3.05, 3.63) is 182 Å². The minimum atomic E-state index is -4.56. The van der Waals surface area contributed by atoms with E-state index in [4.69, 9.17) is 6.15 Å². The van der Waals surface area contributed by atoms with E-state index in [1.807, 2.05) is 182 Å². The molecule has 0 unspecified atom stereocenters. The number of benzene rings is 6. The standard InChI is InChI=1S/6C6H5.C2H2O4.2Sn/c6*1-2-4-6-5-3-1;3-1(4)2(5)6;;/h6*1-5H;(H,3,4)(H,5,6);;/q;;;;;;;2*+1/p-2. The first-order valence-corrected chi connectivity index (χ1v) is 25.3. The zero-order valence-corrected chi connectivity index (χ0v) is 29.7. The summed E-state index contributed by atoms with van der Waals surface area (Å²) in [5.41, 5.74) is 0. The van der Waals surface area contributed by atoms with E-state index in [2.05, 4.69) is 0 Å². The maximum atomic E-state index is 14.2. The quantitative estimate of drug-likeness (QED) is 0.176. The van der Waals surface area contributed by atoms with E-state index in [9.17, 15) is 9.59 Å². The van der Waals surface area contributed by atoms with Gasteiger partial charge in [-0.25, -0.2) is 0 Å². The van der Waals surface area contributed by atoms with Gasteiger partial charge in [0.1, 0.15) is 0 Å². The molecule has 0 atom stereocenters. The second kappa shape index (κ2) is 13.7. The SMILES string of the molecule is O=C([O][Sn]([c]1ccccc1)([c]1ccccc1)[c]1ccccc1)C(=O)[O][Sn]([c]1ccccc1)([c]1ccccc1)[c]1ccccc1. The van der Waals surface area contributed by atoms with Crippen molar-refractivity contribution in [1.29, 1.82) is 0 Å². The molecule has 0 aliphatic heterocycles. The van der Waals surface area contributed by atoms with E-state index in [0.717, 1.165) is 21.5 Å². The van der Waals surface area contributed by atoms with Crippen LogP contribution in [0.15, 0.2) is 182 Å². The molecular formula is C38H30O4Sn2. The van der Waals surface area contributed by atoms with Crippen LogP contribution in [-0.2, 0) is 15.7 Å². The first-order valence-electron chi connectivity index (χ1n) is 14.4. The maximum absolute atomic E-state index is 14.2. The topological polar surface area (TPSA) is 52.6 Å². The van der Waals surface area contributed by atoms with Crippen LogP contribution in [0.3, 0.4) is 0 Å². The van der Waals surface area contributed by atoms with Gasteiger partial charge in [0.25, 0.3) is 0 Å². The van der Waals surface area contributed by atoms with Crippen molar-refractivity contribution < 1.29 is 15.7 Å². The van der Waals surface area contributed by atoms with Gasteiger partial charge in [-0.1, -0.05) is 0 Å². The van der Waals surface area contributed by atoms with Gasteiger partial charge in [0, 0.05) is 0 Å². The molecule has 0 spiro atoms. The van der Waals surface area contributed by atoms with Crippen LogP contribution in [0.25, 0.3) is 0 Å². The molecule has 0 bridgehead atoms. The van der Waals surface area contributed by atoms with Crippen molar-refractivity contribution in [2.24, 2.45) is 0 Å². The Balaban J connectivity index is 1.49. The third-order valence-corrected chi connectivity index (χ3v) is 30.2. The molecule has 0 saturated carbocycles. The Morgan fingerprint density at radius 2 is 0.455 bits per heavy atom. The molecule has 0 aliphatic carbocycles. The summed E-state index contributed by atoms with van der Waals surface area (Å²) >= 11 is -9.12. The molecule has 4 nitrogen and oxygen atoms in total. The molecule has 6 aromatic carbocycles. The molecule has 6 rings (SSSR count). The fourth-order valence-corrected chi connectivity index (χ4v) is 26.9. The van der Waals surface area contributed by atoms with Crippen molar-refractivity contribution in [3.8, 4) is 0 Å². The van der Waals surface area contributed by atoms with Gasteiger partial charge in [0.05, 0.1) is 0 Å². The van der Waals surface area contributed by atoms with Crippen LogP contribution in [0, 0.1) is 0 Å². The average Bonchev–Trinajstić information content (AvgIpc) is 3.11. The van der Waals surface area contributed by atoms with Crippen LogP contribution in [0.1, 0.15) is 0 Å². The fraction of sp³-hybridized carbons (Fsp3) is 0. The molecule has 44 heavy (non-hydrogen) atoms. The van der Waals surface area contributed by atoms with Crippen molar-refractivity contribution in [1.82, 2.24) is 0 Å². The molecule has 0 aromatic heterocycles. The molecule has 6 aromatic rings. The average molecular weight is 788 g/mol. The van der Waals surface area contributed by atoms with E-state index < -0.39 is 49.5 Å². The second-order valence-electron chi connectivity index (χ2n) is 10.3. The van der Waals surface area contributed by atoms with Crippen molar-refractivity contribution in [2.75, 3.05) is 0 Å². The minimum absolute atomic E-state index is 0.921. The normalized spacial score (nSPS) is 11.4. The Morgan fingerprint density at radius 1 is 0.295 bits per heavy atom. The fourth-order valence-electron chi connectivity index (χ4n) is 5.75. The number of hydrogen-bond donors (Lipinski definition) is 0. The van der Waals surface area contributed by atoms with Crippen LogP contribution in [0.2, 0.25) is 0 Å². The number of hydrogen-bond acceptors (Lipinski definition) is 4. The van der Waals surface area contributed by atoms with E-state index in [-0.39, 0.29) is 0 Å². The van der Waals surface area contributed by atoms with Gasteiger partial charge in [-0.15, -0.1) is 0 Å². The van der Waals surface area contributed by atoms with Crippen molar-refractivity contribution in [3.63, 3.8) is 0 Å². The summed E-state index contributed by atoms with van der Waals surface area (Å²) in [4.78, 5) is 28.5. The van der Waals surface area contributed by atoms with Gasteiger partial charge in [0.2, 0.25) is 0 Å². The zero-order valence-electron chi connectivity index (χ0n) is 24.0. The van der Waals surface area contributed by atoms with Crippen LogP contribution in [-0.4, -0.2) is 49.5 Å². The molecule has 0 aliphatic rings. The monoisotopic (exact) mass is 790 g/mol. The van der Waals surface area contributed by atoms with Crippen molar-refractivity contribution >= 4 is 71.0 Å². The Morgan fingerprint density at radius 3 is 0.614 bits per heavy atom. The Kier molecular flexibility index (Phi) is 9.28. The summed E-state index contributed by atoms with van der Waals surface area (Å²) in [6.45, 7) is 0. The van der Waals surface area contributed by atoms with Crippen LogP contribution in [0.4, 0.5) is 0 Å². The first-order chi connectivity index (χ1) is 21.6. The zero-order chi connectivity index (χ0) is 30.2. The molecule has 0 radical (unpaired) electrons. The summed E-state index contributed by atoms with van der Waals surface area (Å²) in [5.74, 6) is -1.94. The molecule has 0 fully saturated rings. The van der Waals surface area contributed by atoms with E-state index >= 15 is 0 Å². The molecule has 0 N–H and O–H groups in total. The predicted octanol–water partition coefficient (Wildman–Crippen LogP) is 3.41. The number of carbonyl (C=O) groups excluding carboxylic acids is 2. The Labute approximate surface area is 266 Å². The summed E-state index contributed by atoms with van der Waals surface area (Å²) in [5, 5.41) is 0. The second-order valence-corrected chi connectivity index (χ2v) is 29.2. The Bertz CT molecular complexity index is 1490. The summed E-state index contributed by atoms with van der Waals surface area (Å²) in [7, 11) is 0. The van der Waals surface area contributed by atoms with Gasteiger partial charge in [-0.3, -0.25) is 0 Å². The van der Waals surface area contributed by atoms with E-state index in [0.29, 0.717) is 0 Å². The predicted molar refractivity (Wildman–Crippen MR) is 180 cm³/mol. The first kappa shape index (κ1) is 29.9. The van der Waals surface area contributed by atoms with Crippen LogP contribution < -0.4 is 21.5 Å². The van der Waals surface area contributed by atoms with Crippen molar-refractivity contribution in [2.45, 2.75) is 0 Å². The van der Waals surface area contributed by atoms with E-state index in [1.54, 1.807) is 0 Å². The molecule has 0 amide bonds. The van der Waals surface area contributed by atoms with Crippen LogP contribution >= 0.6 is 0 Å². The molecule has 0 saturated heterocycles. The van der Waals surface area contributed by atoms with Gasteiger partial charge in [0.15, 0.2) is 0 Å². The summed E-state index contributed by atoms with van der Waals surface area (Å²) in [6, 6.07) is 58.9. The molecular weight excluding hydrogens is 758 g/mol. The van der Waals surface area contributed by atoms with E-state index in [1.165, 1.54) is 0 Å². The number of carbonyl (C=O) groups is 2. The molecule has 214 valence electrons. The van der Waals surface area contributed by atoms with Gasteiger partial charge in [-0.05, 0) is 0 Å². The van der Waals surface area contributed by atoms with Gasteiger partial charge < -0.3 is 0 Å². The number of rotatable bonds is 8. The Hall–Kier alpha value is -4.14. The van der Waals surface area contributed by atoms with Gasteiger partial charge in [-0.2, -0.15) is 0 Å². The summed E-state index contributed by atoms with van der Waals surface area (Å²) in [6.07, 6.45) is 0. The van der Waals surface area contributed by atoms with Gasteiger partial charge >= 0.3 is 269 Å². The van der Waals surface area contributed by atoms with Crippen LogP contribution in [0.5, 0.6) is 0 Å². The third kappa shape index (κ3) is 5.84. The molecule has 0 heterocycles.